The lowest BCUT2D eigenvalue weighted by atomic mass is 10.0. The smallest absolute Gasteiger partial charge is 0.238 e. The Hall–Kier alpha value is -1.87. The van der Waals surface area contributed by atoms with Crippen LogP contribution in [-0.4, -0.2) is 18.4 Å². The van der Waals surface area contributed by atoms with E-state index in [0.29, 0.717) is 0 Å². The summed E-state index contributed by atoms with van der Waals surface area (Å²) in [6.07, 6.45) is 1.49. The molecule has 0 saturated heterocycles. The maximum Gasteiger partial charge on any atom is 0.238 e. The number of hydrogen-bond donors (Lipinski definition) is 2. The van der Waals surface area contributed by atoms with Gasteiger partial charge in [-0.3, -0.25) is 0 Å². The Balaban J connectivity index is 2.04. The molecule has 22 heavy (non-hydrogen) atoms. The van der Waals surface area contributed by atoms with Gasteiger partial charge in [-0.2, -0.15) is 0 Å². The maximum absolute atomic E-state index is 11.3. The molecular formula is C14H14N4O2S2. The van der Waals surface area contributed by atoms with Crippen molar-refractivity contribution in [3.63, 3.8) is 0 Å². The van der Waals surface area contributed by atoms with Crippen LogP contribution < -0.4 is 10.9 Å². The normalized spacial score (nSPS) is 13.4. The molecule has 1 aromatic carbocycles. The van der Waals surface area contributed by atoms with Gasteiger partial charge >= 0.3 is 0 Å². The van der Waals surface area contributed by atoms with Crippen molar-refractivity contribution >= 4 is 31.6 Å². The first-order chi connectivity index (χ1) is 10.4. The average Bonchev–Trinajstić information content (AvgIpc) is 2.85. The van der Waals surface area contributed by atoms with E-state index in [1.807, 2.05) is 13.0 Å². The molecule has 0 bridgehead atoms. The van der Waals surface area contributed by atoms with Gasteiger partial charge in [0.1, 0.15) is 11.2 Å². The molecule has 0 spiro atoms. The van der Waals surface area contributed by atoms with Crippen molar-refractivity contribution in [2.45, 2.75) is 17.9 Å². The van der Waals surface area contributed by atoms with E-state index in [-0.39, 0.29) is 4.90 Å². The van der Waals surface area contributed by atoms with Crippen molar-refractivity contribution in [3.8, 4) is 0 Å². The molecule has 0 fully saturated rings. The molecule has 0 aliphatic heterocycles. The van der Waals surface area contributed by atoms with Gasteiger partial charge in [0, 0.05) is 10.3 Å². The number of primary sulfonamides is 1. The van der Waals surface area contributed by atoms with E-state index in [4.69, 9.17) is 10.9 Å². The topological polar surface area (TPSA) is 112 Å². The molecule has 1 atom stereocenters. The average molecular weight is 334 g/mol. The highest BCUT2D eigenvalue weighted by molar-refractivity contribution is 7.89. The standard InChI is InChI=1S/C14H14N4O2S2/c1-8-6-11-13(17-7-18-14(11)21-8)12(15)9-2-4-10(5-3-9)22(16,19)20/h2-7,12H,15H2,1H3,(H2,16,19,20). The van der Waals surface area contributed by atoms with Crippen LogP contribution in [0.5, 0.6) is 0 Å². The van der Waals surface area contributed by atoms with Crippen molar-refractivity contribution in [1.29, 1.82) is 0 Å². The van der Waals surface area contributed by atoms with Crippen molar-refractivity contribution in [3.05, 3.63) is 52.8 Å². The van der Waals surface area contributed by atoms with E-state index in [0.717, 1.165) is 26.4 Å². The number of rotatable bonds is 3. The molecule has 6 nitrogen and oxygen atoms in total. The fourth-order valence-corrected chi connectivity index (χ4v) is 3.64. The lowest BCUT2D eigenvalue weighted by Crippen LogP contribution is -2.15. The van der Waals surface area contributed by atoms with Crippen LogP contribution in [0.4, 0.5) is 0 Å². The number of nitrogens with zero attached hydrogens (tertiary/aromatic N) is 2. The highest BCUT2D eigenvalue weighted by Gasteiger charge is 2.17. The molecule has 2 aromatic heterocycles. The second-order valence-corrected chi connectivity index (χ2v) is 7.72. The zero-order chi connectivity index (χ0) is 15.9. The molecule has 0 aliphatic rings. The number of aromatic nitrogens is 2. The van der Waals surface area contributed by atoms with Crippen LogP contribution in [0, 0.1) is 6.92 Å². The summed E-state index contributed by atoms with van der Waals surface area (Å²) >= 11 is 1.58. The molecule has 8 heteroatoms. The van der Waals surface area contributed by atoms with Crippen LogP contribution in [0.2, 0.25) is 0 Å². The Morgan fingerprint density at radius 2 is 1.86 bits per heavy atom. The van der Waals surface area contributed by atoms with Gasteiger partial charge in [-0.05, 0) is 30.7 Å². The van der Waals surface area contributed by atoms with Gasteiger partial charge in [-0.1, -0.05) is 12.1 Å². The number of benzene rings is 1. The highest BCUT2D eigenvalue weighted by Crippen LogP contribution is 2.29. The van der Waals surface area contributed by atoms with Crippen LogP contribution in [0.3, 0.4) is 0 Å². The monoisotopic (exact) mass is 334 g/mol. The number of aryl methyl sites for hydroxylation is 1. The van der Waals surface area contributed by atoms with Crippen molar-refractivity contribution < 1.29 is 8.42 Å². The van der Waals surface area contributed by atoms with E-state index in [1.54, 1.807) is 23.5 Å². The van der Waals surface area contributed by atoms with Gasteiger partial charge < -0.3 is 5.73 Å². The quantitative estimate of drug-likeness (QED) is 0.757. The number of hydrogen-bond acceptors (Lipinski definition) is 6. The van der Waals surface area contributed by atoms with Crippen molar-refractivity contribution in [1.82, 2.24) is 9.97 Å². The van der Waals surface area contributed by atoms with Gasteiger partial charge in [-0.15, -0.1) is 11.3 Å². The molecule has 3 rings (SSSR count). The largest absolute Gasteiger partial charge is 0.319 e. The first-order valence-electron chi connectivity index (χ1n) is 6.45. The maximum atomic E-state index is 11.3. The number of nitrogens with two attached hydrogens (primary N) is 2. The lowest BCUT2D eigenvalue weighted by Gasteiger charge is -2.12. The Morgan fingerprint density at radius 1 is 1.18 bits per heavy atom. The number of thiophene rings is 1. The molecule has 0 amide bonds. The summed E-state index contributed by atoms with van der Waals surface area (Å²) < 4.78 is 22.6. The molecule has 3 aromatic rings. The molecule has 0 radical (unpaired) electrons. The third-order valence-corrected chi connectivity index (χ3v) is 5.23. The Labute approximate surface area is 131 Å². The van der Waals surface area contributed by atoms with Gasteiger partial charge in [-0.25, -0.2) is 23.5 Å². The van der Waals surface area contributed by atoms with Crippen LogP contribution >= 0.6 is 11.3 Å². The molecule has 0 aliphatic carbocycles. The van der Waals surface area contributed by atoms with Gasteiger partial charge in [0.2, 0.25) is 10.0 Å². The summed E-state index contributed by atoms with van der Waals surface area (Å²) in [6.45, 7) is 2.00. The van der Waals surface area contributed by atoms with E-state index >= 15 is 0 Å². The molecule has 114 valence electrons. The number of fused-ring (bicyclic) bond motifs is 1. The first-order valence-corrected chi connectivity index (χ1v) is 8.82. The van der Waals surface area contributed by atoms with Crippen molar-refractivity contribution in [2.75, 3.05) is 0 Å². The fourth-order valence-electron chi connectivity index (χ4n) is 2.26. The van der Waals surface area contributed by atoms with Crippen LogP contribution in [0.15, 0.2) is 41.6 Å². The fraction of sp³-hybridized carbons (Fsp3) is 0.143. The summed E-state index contributed by atoms with van der Waals surface area (Å²) in [7, 11) is -3.71. The number of sulfonamides is 1. The SMILES string of the molecule is Cc1cc2c(C(N)c3ccc(S(N)(=O)=O)cc3)ncnc2s1. The molecular weight excluding hydrogens is 320 g/mol. The van der Waals surface area contributed by atoms with E-state index in [9.17, 15) is 8.42 Å². The summed E-state index contributed by atoms with van der Waals surface area (Å²) in [6, 6.07) is 7.74. The zero-order valence-electron chi connectivity index (χ0n) is 11.7. The van der Waals surface area contributed by atoms with Crippen molar-refractivity contribution in [2.24, 2.45) is 10.9 Å². The lowest BCUT2D eigenvalue weighted by molar-refractivity contribution is 0.597. The minimum Gasteiger partial charge on any atom is -0.319 e. The van der Waals surface area contributed by atoms with Crippen LogP contribution in [0.25, 0.3) is 10.2 Å². The molecule has 4 N–H and O–H groups in total. The second-order valence-electron chi connectivity index (χ2n) is 4.93. The van der Waals surface area contributed by atoms with E-state index in [1.165, 1.54) is 18.5 Å². The Morgan fingerprint density at radius 3 is 2.50 bits per heavy atom. The summed E-state index contributed by atoms with van der Waals surface area (Å²) in [5.74, 6) is 0. The first kappa shape index (κ1) is 15.0. The third-order valence-electron chi connectivity index (χ3n) is 3.35. The molecule has 2 heterocycles. The van der Waals surface area contributed by atoms with Gasteiger partial charge in [0.05, 0.1) is 16.6 Å². The van der Waals surface area contributed by atoms with Crippen LogP contribution in [-0.2, 0) is 10.0 Å². The minimum atomic E-state index is -3.71. The summed E-state index contributed by atoms with van der Waals surface area (Å²) in [5.41, 5.74) is 7.76. The zero-order valence-corrected chi connectivity index (χ0v) is 13.4. The predicted molar refractivity (Wildman–Crippen MR) is 86.0 cm³/mol. The molecule has 1 unspecified atom stereocenters. The van der Waals surface area contributed by atoms with E-state index < -0.39 is 16.1 Å². The Kier molecular flexibility index (Phi) is 3.69. The minimum absolute atomic E-state index is 0.0580. The summed E-state index contributed by atoms with van der Waals surface area (Å²) in [5, 5.41) is 6.02. The third kappa shape index (κ3) is 2.73. The Bertz CT molecular complexity index is 933. The van der Waals surface area contributed by atoms with Crippen LogP contribution in [0.1, 0.15) is 22.2 Å². The van der Waals surface area contributed by atoms with E-state index in [2.05, 4.69) is 9.97 Å². The highest BCUT2D eigenvalue weighted by atomic mass is 32.2. The van der Waals surface area contributed by atoms with Gasteiger partial charge in [0.15, 0.2) is 0 Å². The summed E-state index contributed by atoms with van der Waals surface area (Å²) in [4.78, 5) is 10.6. The molecule has 0 saturated carbocycles. The predicted octanol–water partition coefficient (Wildman–Crippen LogP) is 1.70. The van der Waals surface area contributed by atoms with Gasteiger partial charge in [0.25, 0.3) is 0 Å². The second kappa shape index (κ2) is 5.40.